The average molecular weight is 220 g/mol. The van der Waals surface area contributed by atoms with Crippen molar-refractivity contribution in [1.82, 2.24) is 0 Å². The van der Waals surface area contributed by atoms with Crippen molar-refractivity contribution in [2.75, 3.05) is 13.2 Å². The molecule has 0 aliphatic carbocycles. The van der Waals surface area contributed by atoms with Gasteiger partial charge in [0.25, 0.3) is 0 Å². The second kappa shape index (κ2) is 6.36. The van der Waals surface area contributed by atoms with E-state index < -0.39 is 30.6 Å². The molecule has 0 saturated heterocycles. The first-order valence-electron chi connectivity index (χ1n) is 4.61. The maximum atomic E-state index is 10.3. The minimum absolute atomic E-state index is 0.0720. The van der Waals surface area contributed by atoms with Crippen LogP contribution in [0.1, 0.15) is 25.7 Å². The third kappa shape index (κ3) is 5.34. The number of aliphatic carboxylic acids is 2. The van der Waals surface area contributed by atoms with Crippen LogP contribution in [0.5, 0.6) is 0 Å². The fourth-order valence-electron chi connectivity index (χ4n) is 1.24. The van der Waals surface area contributed by atoms with Crippen LogP contribution < -0.4 is 0 Å². The van der Waals surface area contributed by atoms with E-state index in [-0.39, 0.29) is 25.7 Å². The summed E-state index contributed by atoms with van der Waals surface area (Å²) in [6.07, 6.45) is -0.243. The molecule has 15 heavy (non-hydrogen) atoms. The zero-order chi connectivity index (χ0) is 11.9. The summed E-state index contributed by atoms with van der Waals surface area (Å²) in [4.78, 5) is 20.7. The second-order valence-corrected chi connectivity index (χ2v) is 3.60. The fourth-order valence-corrected chi connectivity index (χ4v) is 1.24. The quantitative estimate of drug-likeness (QED) is 0.446. The van der Waals surface area contributed by atoms with Crippen LogP contribution in [0, 0.1) is 5.41 Å². The van der Waals surface area contributed by atoms with E-state index >= 15 is 0 Å². The first-order chi connectivity index (χ1) is 6.95. The van der Waals surface area contributed by atoms with Crippen LogP contribution in [0.25, 0.3) is 0 Å². The number of aliphatic hydroxyl groups is 2. The maximum absolute atomic E-state index is 10.3. The molecule has 0 radical (unpaired) electrons. The second-order valence-electron chi connectivity index (χ2n) is 3.60. The van der Waals surface area contributed by atoms with Gasteiger partial charge < -0.3 is 20.4 Å². The highest BCUT2D eigenvalue weighted by Gasteiger charge is 2.29. The van der Waals surface area contributed by atoms with Gasteiger partial charge in [0, 0.05) is 18.3 Å². The van der Waals surface area contributed by atoms with Crippen LogP contribution in [0.3, 0.4) is 0 Å². The molecule has 0 aromatic carbocycles. The molecule has 6 heteroatoms. The third-order valence-corrected chi connectivity index (χ3v) is 2.41. The molecule has 0 unspecified atom stereocenters. The molecule has 0 aliphatic heterocycles. The smallest absolute Gasteiger partial charge is 0.303 e. The summed E-state index contributed by atoms with van der Waals surface area (Å²) in [6, 6.07) is 0. The monoisotopic (exact) mass is 220 g/mol. The summed E-state index contributed by atoms with van der Waals surface area (Å²) < 4.78 is 0. The van der Waals surface area contributed by atoms with Gasteiger partial charge in [-0.3, -0.25) is 9.59 Å². The van der Waals surface area contributed by atoms with Crippen LogP contribution in [0.15, 0.2) is 0 Å². The Kier molecular flexibility index (Phi) is 5.88. The van der Waals surface area contributed by atoms with Gasteiger partial charge in [-0.2, -0.15) is 0 Å². The Morgan fingerprint density at radius 2 is 1.20 bits per heavy atom. The van der Waals surface area contributed by atoms with Crippen LogP contribution in [-0.2, 0) is 9.59 Å². The lowest BCUT2D eigenvalue weighted by atomic mass is 9.80. The molecule has 0 atom stereocenters. The van der Waals surface area contributed by atoms with E-state index in [1.54, 1.807) is 0 Å². The Balaban J connectivity index is 4.29. The highest BCUT2D eigenvalue weighted by Crippen LogP contribution is 2.28. The molecule has 0 amide bonds. The number of hydrogen-bond acceptors (Lipinski definition) is 4. The van der Waals surface area contributed by atoms with Crippen LogP contribution in [0.4, 0.5) is 0 Å². The Morgan fingerprint density at radius 1 is 0.867 bits per heavy atom. The molecular formula is C9H16O6. The minimum Gasteiger partial charge on any atom is -0.481 e. The Hall–Kier alpha value is -1.14. The van der Waals surface area contributed by atoms with Crippen molar-refractivity contribution in [3.63, 3.8) is 0 Å². The molecule has 0 heterocycles. The zero-order valence-corrected chi connectivity index (χ0v) is 8.35. The van der Waals surface area contributed by atoms with Crippen molar-refractivity contribution in [3.05, 3.63) is 0 Å². The predicted octanol–water partition coefficient (Wildman–Crippen LogP) is -0.313. The Labute approximate surface area is 87.2 Å². The lowest BCUT2D eigenvalue weighted by Gasteiger charge is -2.28. The van der Waals surface area contributed by atoms with E-state index in [0.29, 0.717) is 0 Å². The molecule has 6 nitrogen and oxygen atoms in total. The lowest BCUT2D eigenvalue weighted by molar-refractivity contribution is -0.138. The number of carbonyl (C=O) groups is 2. The SMILES string of the molecule is O=C(O)CCC(CO)(CO)CCC(=O)O. The van der Waals surface area contributed by atoms with Gasteiger partial charge in [-0.05, 0) is 12.8 Å². The van der Waals surface area contributed by atoms with E-state index in [4.69, 9.17) is 20.4 Å². The molecule has 0 aromatic rings. The first-order valence-corrected chi connectivity index (χ1v) is 4.61. The van der Waals surface area contributed by atoms with Gasteiger partial charge in [-0.25, -0.2) is 0 Å². The third-order valence-electron chi connectivity index (χ3n) is 2.41. The normalized spacial score (nSPS) is 11.3. The van der Waals surface area contributed by atoms with Crippen LogP contribution in [0.2, 0.25) is 0 Å². The van der Waals surface area contributed by atoms with Gasteiger partial charge in [-0.15, -0.1) is 0 Å². The fraction of sp³-hybridized carbons (Fsp3) is 0.778. The summed E-state index contributed by atoms with van der Waals surface area (Å²) >= 11 is 0. The summed E-state index contributed by atoms with van der Waals surface area (Å²) in [7, 11) is 0. The molecular weight excluding hydrogens is 204 g/mol. The minimum atomic E-state index is -1.03. The highest BCUT2D eigenvalue weighted by molar-refractivity contribution is 5.67. The Bertz CT molecular complexity index is 201. The topological polar surface area (TPSA) is 115 Å². The first kappa shape index (κ1) is 13.9. The van der Waals surface area contributed by atoms with Crippen LogP contribution >= 0.6 is 0 Å². The largest absolute Gasteiger partial charge is 0.481 e. The van der Waals surface area contributed by atoms with Gasteiger partial charge in [0.15, 0.2) is 0 Å². The van der Waals surface area contributed by atoms with Crippen molar-refractivity contribution < 1.29 is 30.0 Å². The van der Waals surface area contributed by atoms with Gasteiger partial charge in [0.2, 0.25) is 0 Å². The van der Waals surface area contributed by atoms with Crippen molar-refractivity contribution >= 4 is 11.9 Å². The number of rotatable bonds is 8. The van der Waals surface area contributed by atoms with Crippen molar-refractivity contribution in [2.45, 2.75) is 25.7 Å². The van der Waals surface area contributed by atoms with E-state index in [1.165, 1.54) is 0 Å². The highest BCUT2D eigenvalue weighted by atomic mass is 16.4. The van der Waals surface area contributed by atoms with Gasteiger partial charge in [0.05, 0.1) is 13.2 Å². The predicted molar refractivity (Wildman–Crippen MR) is 50.3 cm³/mol. The molecule has 0 bridgehead atoms. The molecule has 0 spiro atoms. The molecule has 0 aliphatic rings. The number of carboxylic acid groups (broad SMARTS) is 2. The molecule has 0 rings (SSSR count). The van der Waals surface area contributed by atoms with Crippen molar-refractivity contribution in [1.29, 1.82) is 0 Å². The molecule has 0 fully saturated rings. The number of carboxylic acids is 2. The standard InChI is InChI=1S/C9H16O6/c10-5-9(6-11,3-1-7(12)13)4-2-8(14)15/h10-11H,1-6H2,(H,12,13)(H,14,15). The van der Waals surface area contributed by atoms with Gasteiger partial charge in [-0.1, -0.05) is 0 Å². The molecule has 88 valence electrons. The van der Waals surface area contributed by atoms with E-state index in [9.17, 15) is 9.59 Å². The molecule has 0 saturated carbocycles. The number of aliphatic hydroxyl groups excluding tert-OH is 2. The van der Waals surface area contributed by atoms with E-state index in [2.05, 4.69) is 0 Å². The summed E-state index contributed by atoms with van der Waals surface area (Å²) in [6.45, 7) is -0.825. The lowest BCUT2D eigenvalue weighted by Crippen LogP contribution is -2.31. The average Bonchev–Trinajstić information content (AvgIpc) is 2.19. The van der Waals surface area contributed by atoms with Crippen LogP contribution in [-0.4, -0.2) is 45.6 Å². The maximum Gasteiger partial charge on any atom is 0.303 e. The van der Waals surface area contributed by atoms with Crippen molar-refractivity contribution in [2.24, 2.45) is 5.41 Å². The molecule has 0 aromatic heterocycles. The van der Waals surface area contributed by atoms with E-state index in [0.717, 1.165) is 0 Å². The Morgan fingerprint density at radius 3 is 1.40 bits per heavy atom. The van der Waals surface area contributed by atoms with E-state index in [1.807, 2.05) is 0 Å². The molecule has 4 N–H and O–H groups in total. The van der Waals surface area contributed by atoms with Crippen molar-refractivity contribution in [3.8, 4) is 0 Å². The van der Waals surface area contributed by atoms with Gasteiger partial charge in [0.1, 0.15) is 0 Å². The summed E-state index contributed by atoms with van der Waals surface area (Å²) in [5.74, 6) is -2.06. The summed E-state index contributed by atoms with van der Waals surface area (Å²) in [5, 5.41) is 35.0. The number of hydrogen-bond donors (Lipinski definition) is 4. The van der Waals surface area contributed by atoms with Gasteiger partial charge >= 0.3 is 11.9 Å². The summed E-state index contributed by atoms with van der Waals surface area (Å²) in [5.41, 5.74) is -1.00. The zero-order valence-electron chi connectivity index (χ0n) is 8.35.